The first kappa shape index (κ1) is 11.4. The maximum Gasteiger partial charge on any atom is 0.335 e. The molecule has 90 valence electrons. The second-order valence-corrected chi connectivity index (χ2v) is 4.11. The summed E-state index contributed by atoms with van der Waals surface area (Å²) in [5, 5.41) is 17.7. The zero-order valence-electron chi connectivity index (χ0n) is 9.05. The fourth-order valence-electron chi connectivity index (χ4n) is 1.43. The number of benzene rings is 1. The predicted octanol–water partition coefficient (Wildman–Crippen LogP) is 1.87. The summed E-state index contributed by atoms with van der Waals surface area (Å²) in [6.45, 7) is 0.516. The molecule has 0 amide bonds. The molecule has 0 unspecified atom stereocenters. The zero-order valence-corrected chi connectivity index (χ0v) is 9.05. The molecule has 0 heterocycles. The first-order chi connectivity index (χ1) is 8.06. The van der Waals surface area contributed by atoms with Crippen molar-refractivity contribution in [2.75, 3.05) is 6.61 Å². The second-order valence-electron chi connectivity index (χ2n) is 4.11. The maximum atomic E-state index is 10.8. The molecule has 0 bridgehead atoms. The number of hydrogen-bond acceptors (Lipinski definition) is 3. The number of aromatic carboxylic acids is 2. The number of carbonyl (C=O) groups is 2. The van der Waals surface area contributed by atoms with Crippen molar-refractivity contribution in [2.24, 2.45) is 5.92 Å². The molecule has 1 saturated carbocycles. The summed E-state index contributed by atoms with van der Waals surface area (Å²) in [7, 11) is 0. The lowest BCUT2D eigenvalue weighted by Crippen LogP contribution is -2.05. The summed E-state index contributed by atoms with van der Waals surface area (Å²) >= 11 is 0. The lowest BCUT2D eigenvalue weighted by Gasteiger charge is -2.07. The van der Waals surface area contributed by atoms with Gasteiger partial charge in [-0.15, -0.1) is 0 Å². The SMILES string of the molecule is O=C(O)c1cc(OCC2CC2)cc(C(=O)O)c1. The zero-order chi connectivity index (χ0) is 12.4. The molecule has 0 atom stereocenters. The van der Waals surface area contributed by atoms with Crippen molar-refractivity contribution >= 4 is 11.9 Å². The van der Waals surface area contributed by atoms with Crippen LogP contribution >= 0.6 is 0 Å². The molecule has 0 saturated heterocycles. The largest absolute Gasteiger partial charge is 0.493 e. The summed E-state index contributed by atoms with van der Waals surface area (Å²) in [5.74, 6) is -1.50. The average Bonchev–Trinajstić information content (AvgIpc) is 3.09. The average molecular weight is 236 g/mol. The molecule has 1 fully saturated rings. The van der Waals surface area contributed by atoms with Crippen LogP contribution in [0.4, 0.5) is 0 Å². The van der Waals surface area contributed by atoms with Gasteiger partial charge in [0, 0.05) is 0 Å². The fourth-order valence-corrected chi connectivity index (χ4v) is 1.43. The number of carboxylic acids is 2. The monoisotopic (exact) mass is 236 g/mol. The molecule has 5 nitrogen and oxygen atoms in total. The Bertz CT molecular complexity index is 430. The van der Waals surface area contributed by atoms with E-state index in [1.165, 1.54) is 12.1 Å². The molecule has 2 rings (SSSR count). The van der Waals surface area contributed by atoms with Crippen LogP contribution in [0.3, 0.4) is 0 Å². The van der Waals surface area contributed by atoms with E-state index in [9.17, 15) is 9.59 Å². The normalized spacial score (nSPS) is 14.4. The van der Waals surface area contributed by atoms with Crippen LogP contribution in [0.15, 0.2) is 18.2 Å². The van der Waals surface area contributed by atoms with Crippen molar-refractivity contribution in [3.8, 4) is 5.75 Å². The van der Waals surface area contributed by atoms with Gasteiger partial charge in [-0.3, -0.25) is 0 Å². The van der Waals surface area contributed by atoms with E-state index in [-0.39, 0.29) is 11.1 Å². The van der Waals surface area contributed by atoms with E-state index in [0.717, 1.165) is 18.9 Å². The highest BCUT2D eigenvalue weighted by molar-refractivity contribution is 5.94. The van der Waals surface area contributed by atoms with Crippen LogP contribution in [0.5, 0.6) is 5.75 Å². The Balaban J connectivity index is 2.22. The third-order valence-corrected chi connectivity index (χ3v) is 2.58. The van der Waals surface area contributed by atoms with Gasteiger partial charge in [-0.2, -0.15) is 0 Å². The molecule has 0 spiro atoms. The highest BCUT2D eigenvalue weighted by atomic mass is 16.5. The van der Waals surface area contributed by atoms with Crippen molar-refractivity contribution in [3.63, 3.8) is 0 Å². The minimum atomic E-state index is -1.16. The van der Waals surface area contributed by atoms with Gasteiger partial charge in [-0.05, 0) is 37.0 Å². The number of rotatable bonds is 5. The first-order valence-corrected chi connectivity index (χ1v) is 5.31. The lowest BCUT2D eigenvalue weighted by molar-refractivity contribution is 0.0696. The highest BCUT2D eigenvalue weighted by Crippen LogP contribution is 2.30. The van der Waals surface area contributed by atoms with Crippen LogP contribution in [0.25, 0.3) is 0 Å². The topological polar surface area (TPSA) is 83.8 Å². The van der Waals surface area contributed by atoms with Crippen LogP contribution in [-0.4, -0.2) is 28.8 Å². The first-order valence-electron chi connectivity index (χ1n) is 5.31. The van der Waals surface area contributed by atoms with Gasteiger partial charge in [-0.1, -0.05) is 0 Å². The number of hydrogen-bond donors (Lipinski definition) is 2. The molecule has 1 aromatic carbocycles. The van der Waals surface area contributed by atoms with E-state index >= 15 is 0 Å². The molecule has 0 radical (unpaired) electrons. The smallest absolute Gasteiger partial charge is 0.335 e. The third-order valence-electron chi connectivity index (χ3n) is 2.58. The molecule has 1 aromatic rings. The Morgan fingerprint density at radius 3 is 2.06 bits per heavy atom. The van der Waals surface area contributed by atoms with Crippen molar-refractivity contribution in [1.82, 2.24) is 0 Å². The van der Waals surface area contributed by atoms with Gasteiger partial charge in [0.25, 0.3) is 0 Å². The Kier molecular flexibility index (Phi) is 2.99. The van der Waals surface area contributed by atoms with E-state index in [0.29, 0.717) is 18.3 Å². The van der Waals surface area contributed by atoms with E-state index in [1.807, 2.05) is 0 Å². The second kappa shape index (κ2) is 4.45. The molecular formula is C12H12O5. The van der Waals surface area contributed by atoms with Crippen molar-refractivity contribution in [3.05, 3.63) is 29.3 Å². The van der Waals surface area contributed by atoms with Gasteiger partial charge in [0.15, 0.2) is 0 Å². The third kappa shape index (κ3) is 2.96. The Hall–Kier alpha value is -2.04. The summed E-state index contributed by atoms with van der Waals surface area (Å²) in [6.07, 6.45) is 2.23. The molecule has 5 heteroatoms. The van der Waals surface area contributed by atoms with Crippen molar-refractivity contribution < 1.29 is 24.5 Å². The molecule has 1 aliphatic rings. The Labute approximate surface area is 97.6 Å². The van der Waals surface area contributed by atoms with E-state index < -0.39 is 11.9 Å². The molecular weight excluding hydrogens is 224 g/mol. The minimum absolute atomic E-state index is 0.0734. The van der Waals surface area contributed by atoms with E-state index in [2.05, 4.69) is 0 Å². The summed E-state index contributed by atoms with van der Waals surface area (Å²) in [6, 6.07) is 3.81. The van der Waals surface area contributed by atoms with Gasteiger partial charge in [0.05, 0.1) is 17.7 Å². The molecule has 17 heavy (non-hydrogen) atoms. The van der Waals surface area contributed by atoms with Crippen molar-refractivity contribution in [1.29, 1.82) is 0 Å². The van der Waals surface area contributed by atoms with Crippen LogP contribution in [0, 0.1) is 5.92 Å². The molecule has 0 aromatic heterocycles. The van der Waals surface area contributed by atoms with Gasteiger partial charge >= 0.3 is 11.9 Å². The summed E-state index contributed by atoms with van der Waals surface area (Å²) in [5.41, 5.74) is -0.147. The van der Waals surface area contributed by atoms with Gasteiger partial charge in [-0.25, -0.2) is 9.59 Å². The quantitative estimate of drug-likeness (QED) is 0.815. The maximum absolute atomic E-state index is 10.8. The molecule has 1 aliphatic carbocycles. The van der Waals surface area contributed by atoms with Crippen LogP contribution in [0.2, 0.25) is 0 Å². The van der Waals surface area contributed by atoms with Crippen LogP contribution in [0.1, 0.15) is 33.6 Å². The summed E-state index contributed by atoms with van der Waals surface area (Å²) < 4.78 is 5.38. The summed E-state index contributed by atoms with van der Waals surface area (Å²) in [4.78, 5) is 21.7. The predicted molar refractivity (Wildman–Crippen MR) is 58.6 cm³/mol. The van der Waals surface area contributed by atoms with Gasteiger partial charge in [0.1, 0.15) is 5.75 Å². The van der Waals surface area contributed by atoms with Crippen molar-refractivity contribution in [2.45, 2.75) is 12.8 Å². The van der Waals surface area contributed by atoms with Gasteiger partial charge < -0.3 is 14.9 Å². The minimum Gasteiger partial charge on any atom is -0.493 e. The Morgan fingerprint density at radius 1 is 1.12 bits per heavy atom. The fraction of sp³-hybridized carbons (Fsp3) is 0.333. The standard InChI is InChI=1S/C12H12O5/c13-11(14)8-3-9(12(15)16)5-10(4-8)17-6-7-1-2-7/h3-5,7H,1-2,6H2,(H,13,14)(H,15,16). The van der Waals surface area contributed by atoms with Crippen LogP contribution in [-0.2, 0) is 0 Å². The molecule has 0 aliphatic heterocycles. The van der Waals surface area contributed by atoms with Crippen LogP contribution < -0.4 is 4.74 Å². The number of carboxylic acid groups (broad SMARTS) is 2. The molecule has 2 N–H and O–H groups in total. The number of ether oxygens (including phenoxy) is 1. The van der Waals surface area contributed by atoms with E-state index in [4.69, 9.17) is 14.9 Å². The van der Waals surface area contributed by atoms with E-state index in [1.54, 1.807) is 0 Å². The Morgan fingerprint density at radius 2 is 1.65 bits per heavy atom. The van der Waals surface area contributed by atoms with Gasteiger partial charge in [0.2, 0.25) is 0 Å². The highest BCUT2D eigenvalue weighted by Gasteiger charge is 2.22. The lowest BCUT2D eigenvalue weighted by atomic mass is 10.1.